The molecule has 2 nitrogen and oxygen atoms in total. The Morgan fingerprint density at radius 3 is 2.50 bits per heavy atom. The molecule has 0 aliphatic carbocycles. The van der Waals surface area contributed by atoms with Crippen LogP contribution in [0.25, 0.3) is 12.2 Å². The topological polar surface area (TPSA) is 30.2 Å². The summed E-state index contributed by atoms with van der Waals surface area (Å²) in [7, 11) is 0. The first-order valence-electron chi connectivity index (χ1n) is 4.67. The molecule has 0 N–H and O–H groups in total. The van der Waals surface area contributed by atoms with Crippen LogP contribution >= 0.6 is 0 Å². The van der Waals surface area contributed by atoms with Crippen LogP contribution < -0.4 is 16.3 Å². The molecule has 0 saturated carbocycles. The van der Waals surface area contributed by atoms with Gasteiger partial charge in [-0.15, -0.1) is 0 Å². The molecule has 1 aromatic rings. The maximum absolute atomic E-state index is 10.8. The predicted molar refractivity (Wildman–Crippen MR) is 60.4 cm³/mol. The first kappa shape index (κ1) is 12.4. The Morgan fingerprint density at radius 1 is 1.36 bits per heavy atom. The summed E-state index contributed by atoms with van der Waals surface area (Å²) in [6.45, 7) is 9.41. The van der Waals surface area contributed by atoms with Gasteiger partial charge in [-0.1, -0.05) is 32.6 Å². The zero-order chi connectivity index (χ0) is 11.0. The van der Waals surface area contributed by atoms with E-state index in [4.69, 9.17) is 4.42 Å². The Hall–Kier alpha value is -1.57. The first-order valence-corrected chi connectivity index (χ1v) is 4.67. The SMILES string of the molecule is C=C/C=c1/oc(=O)cc/c1=C/C.CC. The highest BCUT2D eigenvalue weighted by atomic mass is 16.4. The molecule has 0 saturated heterocycles. The van der Waals surface area contributed by atoms with Crippen LogP contribution in [0.1, 0.15) is 20.8 Å². The van der Waals surface area contributed by atoms with Gasteiger partial charge in [0.05, 0.1) is 0 Å². The lowest BCUT2D eigenvalue weighted by Gasteiger charge is -1.85. The molecule has 0 bridgehead atoms. The molecule has 0 radical (unpaired) electrons. The van der Waals surface area contributed by atoms with Crippen molar-refractivity contribution in [1.29, 1.82) is 0 Å². The van der Waals surface area contributed by atoms with Crippen molar-refractivity contribution in [1.82, 2.24) is 0 Å². The second kappa shape index (κ2) is 6.89. The quantitative estimate of drug-likeness (QED) is 0.674. The fraction of sp³-hybridized carbons (Fsp3) is 0.250. The Labute approximate surface area is 83.9 Å². The van der Waals surface area contributed by atoms with Gasteiger partial charge in [0.1, 0.15) is 5.42 Å². The highest BCUT2D eigenvalue weighted by Gasteiger charge is 1.86. The summed E-state index contributed by atoms with van der Waals surface area (Å²) in [6.07, 6.45) is 5.13. The van der Waals surface area contributed by atoms with Gasteiger partial charge in [0.15, 0.2) is 0 Å². The van der Waals surface area contributed by atoms with Crippen molar-refractivity contribution >= 4 is 12.2 Å². The van der Waals surface area contributed by atoms with E-state index in [0.29, 0.717) is 5.42 Å². The van der Waals surface area contributed by atoms with Crippen LogP contribution in [0.5, 0.6) is 0 Å². The normalized spacial score (nSPS) is 11.9. The van der Waals surface area contributed by atoms with E-state index in [1.807, 2.05) is 26.8 Å². The van der Waals surface area contributed by atoms with Gasteiger partial charge in [0.2, 0.25) is 0 Å². The van der Waals surface area contributed by atoms with Crippen molar-refractivity contribution in [3.63, 3.8) is 0 Å². The van der Waals surface area contributed by atoms with Gasteiger partial charge in [-0.2, -0.15) is 0 Å². The van der Waals surface area contributed by atoms with Crippen molar-refractivity contribution in [2.75, 3.05) is 0 Å². The van der Waals surface area contributed by atoms with E-state index < -0.39 is 0 Å². The fourth-order valence-corrected chi connectivity index (χ4v) is 0.917. The Balaban J connectivity index is 0.000000791. The van der Waals surface area contributed by atoms with E-state index in [9.17, 15) is 4.79 Å². The van der Waals surface area contributed by atoms with Crippen molar-refractivity contribution in [2.24, 2.45) is 0 Å². The molecule has 14 heavy (non-hydrogen) atoms. The van der Waals surface area contributed by atoms with Crippen LogP contribution in [-0.4, -0.2) is 0 Å². The third-order valence-corrected chi connectivity index (χ3v) is 1.47. The summed E-state index contributed by atoms with van der Waals surface area (Å²) in [5.74, 6) is 0. The summed E-state index contributed by atoms with van der Waals surface area (Å²) in [6, 6.07) is 3.12. The Bertz CT molecular complexity index is 438. The van der Waals surface area contributed by atoms with Crippen LogP contribution in [0.3, 0.4) is 0 Å². The molecule has 1 heterocycles. The third-order valence-electron chi connectivity index (χ3n) is 1.47. The molecule has 2 heteroatoms. The Morgan fingerprint density at radius 2 is 2.00 bits per heavy atom. The van der Waals surface area contributed by atoms with Gasteiger partial charge in [0, 0.05) is 11.3 Å². The average molecular weight is 192 g/mol. The van der Waals surface area contributed by atoms with E-state index in [1.54, 1.807) is 18.2 Å². The van der Waals surface area contributed by atoms with Gasteiger partial charge >= 0.3 is 5.63 Å². The summed E-state index contributed by atoms with van der Waals surface area (Å²) in [5, 5.41) is 0.898. The lowest BCUT2D eigenvalue weighted by atomic mass is 10.3. The van der Waals surface area contributed by atoms with E-state index in [0.717, 1.165) is 5.22 Å². The summed E-state index contributed by atoms with van der Waals surface area (Å²) in [5.41, 5.74) is 0.216. The Kier molecular flexibility index (Phi) is 6.12. The van der Waals surface area contributed by atoms with Crippen molar-refractivity contribution < 1.29 is 4.42 Å². The number of allylic oxidation sites excluding steroid dienone is 1. The smallest absolute Gasteiger partial charge is 0.336 e. The highest BCUT2D eigenvalue weighted by Crippen LogP contribution is 1.66. The predicted octanol–water partition coefficient (Wildman–Crippen LogP) is 1.43. The maximum Gasteiger partial charge on any atom is 0.336 e. The van der Waals surface area contributed by atoms with E-state index in [1.165, 1.54) is 6.07 Å². The monoisotopic (exact) mass is 192 g/mol. The van der Waals surface area contributed by atoms with Gasteiger partial charge in [-0.25, -0.2) is 4.79 Å². The maximum atomic E-state index is 10.8. The highest BCUT2D eigenvalue weighted by molar-refractivity contribution is 5.33. The van der Waals surface area contributed by atoms with Crippen molar-refractivity contribution in [3.05, 3.63) is 45.8 Å². The molecular formula is C12H16O2. The largest absolute Gasteiger partial charge is 0.423 e. The fourth-order valence-electron chi connectivity index (χ4n) is 0.917. The molecule has 0 amide bonds. The van der Waals surface area contributed by atoms with Crippen LogP contribution in [0.15, 0.2) is 34.0 Å². The average Bonchev–Trinajstić information content (AvgIpc) is 2.22. The minimum Gasteiger partial charge on any atom is -0.423 e. The molecule has 1 aromatic heterocycles. The van der Waals surface area contributed by atoms with Gasteiger partial charge in [-0.3, -0.25) is 0 Å². The molecule has 76 valence electrons. The molecule has 0 atom stereocenters. The number of hydrogen-bond donors (Lipinski definition) is 0. The lowest BCUT2D eigenvalue weighted by Crippen LogP contribution is -2.27. The van der Waals surface area contributed by atoms with Crippen LogP contribution in [0.2, 0.25) is 0 Å². The van der Waals surface area contributed by atoms with E-state index >= 15 is 0 Å². The zero-order valence-corrected chi connectivity index (χ0v) is 8.91. The summed E-state index contributed by atoms with van der Waals surface area (Å²) >= 11 is 0. The van der Waals surface area contributed by atoms with E-state index in [2.05, 4.69) is 6.58 Å². The standard InChI is InChI=1S/C10H10O2.C2H6/c1-3-5-9-8(4-2)6-7-10(11)12-9;1-2/h3-7H,1H2,2H3;1-2H3/b8-4-,9-5+;. The third kappa shape index (κ3) is 3.44. The zero-order valence-electron chi connectivity index (χ0n) is 8.91. The first-order chi connectivity index (χ1) is 6.77. The molecule has 0 aliphatic heterocycles. The molecule has 0 spiro atoms. The van der Waals surface area contributed by atoms with Crippen LogP contribution in [-0.2, 0) is 0 Å². The molecule has 0 unspecified atom stereocenters. The lowest BCUT2D eigenvalue weighted by molar-refractivity contribution is 0.474. The molecule has 0 aromatic carbocycles. The minimum atomic E-state index is -0.339. The summed E-state index contributed by atoms with van der Waals surface area (Å²) in [4.78, 5) is 10.8. The van der Waals surface area contributed by atoms with Crippen molar-refractivity contribution in [2.45, 2.75) is 20.8 Å². The summed E-state index contributed by atoms with van der Waals surface area (Å²) < 4.78 is 4.93. The van der Waals surface area contributed by atoms with Crippen LogP contribution in [0, 0.1) is 0 Å². The second-order valence-corrected chi connectivity index (χ2v) is 2.27. The number of rotatable bonds is 1. The molecule has 0 fully saturated rings. The van der Waals surface area contributed by atoms with Gasteiger partial charge in [0.25, 0.3) is 0 Å². The van der Waals surface area contributed by atoms with E-state index in [-0.39, 0.29) is 5.63 Å². The van der Waals surface area contributed by atoms with Gasteiger partial charge < -0.3 is 4.42 Å². The molecule has 0 aliphatic rings. The minimum absolute atomic E-state index is 0.339. The van der Waals surface area contributed by atoms with Gasteiger partial charge in [-0.05, 0) is 19.1 Å². The second-order valence-electron chi connectivity index (χ2n) is 2.27. The molecular weight excluding hydrogens is 176 g/mol. The molecule has 1 rings (SSSR count). The number of hydrogen-bond acceptors (Lipinski definition) is 2. The van der Waals surface area contributed by atoms with Crippen molar-refractivity contribution in [3.8, 4) is 0 Å². The van der Waals surface area contributed by atoms with Crippen LogP contribution in [0.4, 0.5) is 0 Å².